The van der Waals surface area contributed by atoms with Crippen LogP contribution in [0.15, 0.2) is 41.2 Å². The zero-order valence-corrected chi connectivity index (χ0v) is 11.5. The van der Waals surface area contributed by atoms with Crippen molar-refractivity contribution in [2.45, 2.75) is 19.9 Å². The third-order valence-corrected chi connectivity index (χ3v) is 3.64. The molecule has 3 aromatic rings. The number of nitrogens with two attached hydrogens (primary N) is 1. The highest BCUT2D eigenvalue weighted by Gasteiger charge is 2.13. The van der Waals surface area contributed by atoms with Crippen LogP contribution < -0.4 is 11.4 Å². The van der Waals surface area contributed by atoms with Crippen molar-refractivity contribution in [3.05, 3.63) is 69.1 Å². The van der Waals surface area contributed by atoms with E-state index < -0.39 is 0 Å². The van der Waals surface area contributed by atoms with Crippen LogP contribution in [0.3, 0.4) is 0 Å². The number of aromatic nitrogens is 2. The predicted octanol–water partition coefficient (Wildman–Crippen LogP) is 2.52. The van der Waals surface area contributed by atoms with E-state index in [9.17, 15) is 4.79 Å². The summed E-state index contributed by atoms with van der Waals surface area (Å²) in [6, 6.07) is 11.9. The van der Waals surface area contributed by atoms with E-state index >= 15 is 0 Å². The summed E-state index contributed by atoms with van der Waals surface area (Å²) < 4.78 is 0. The molecule has 1 atom stereocenters. The lowest BCUT2D eigenvalue weighted by Gasteiger charge is -2.16. The molecule has 0 saturated carbocycles. The molecule has 0 bridgehead atoms. The highest BCUT2D eigenvalue weighted by Crippen LogP contribution is 2.26. The number of nitrogens with one attached hydrogen (secondary N) is 2. The molecule has 4 nitrogen and oxygen atoms in total. The Morgan fingerprint density at radius 3 is 2.45 bits per heavy atom. The van der Waals surface area contributed by atoms with Gasteiger partial charge in [0.05, 0.1) is 17.1 Å². The second-order valence-electron chi connectivity index (χ2n) is 5.23. The van der Waals surface area contributed by atoms with Gasteiger partial charge in [0, 0.05) is 0 Å². The van der Waals surface area contributed by atoms with Crippen molar-refractivity contribution in [3.8, 4) is 0 Å². The highest BCUT2D eigenvalue weighted by atomic mass is 16.1. The minimum Gasteiger partial charge on any atom is -0.320 e. The normalized spacial score (nSPS) is 12.8. The maximum atomic E-state index is 11.4. The van der Waals surface area contributed by atoms with E-state index in [0.29, 0.717) is 0 Å². The van der Waals surface area contributed by atoms with Crippen LogP contribution in [0.5, 0.6) is 0 Å². The number of fused-ring (bicyclic) bond motifs is 1. The summed E-state index contributed by atoms with van der Waals surface area (Å²) in [5.41, 5.74) is 12.1. The second-order valence-corrected chi connectivity index (χ2v) is 5.23. The first-order chi connectivity index (χ1) is 9.54. The van der Waals surface area contributed by atoms with Gasteiger partial charge in [0.25, 0.3) is 0 Å². The van der Waals surface area contributed by atoms with Gasteiger partial charge in [-0.2, -0.15) is 0 Å². The second kappa shape index (κ2) is 4.65. The van der Waals surface area contributed by atoms with Crippen LogP contribution in [0, 0.1) is 13.8 Å². The molecule has 20 heavy (non-hydrogen) atoms. The number of hydrogen-bond acceptors (Lipinski definition) is 2. The van der Waals surface area contributed by atoms with Crippen molar-refractivity contribution >= 4 is 11.0 Å². The number of hydrogen-bond donors (Lipinski definition) is 3. The molecule has 0 fully saturated rings. The topological polar surface area (TPSA) is 74.7 Å². The minimum absolute atomic E-state index is 0.194. The maximum absolute atomic E-state index is 11.4. The van der Waals surface area contributed by atoms with Crippen molar-refractivity contribution < 1.29 is 0 Å². The predicted molar refractivity (Wildman–Crippen MR) is 80.9 cm³/mol. The van der Waals surface area contributed by atoms with Gasteiger partial charge in [-0.1, -0.05) is 29.8 Å². The Labute approximate surface area is 116 Å². The summed E-state index contributed by atoms with van der Waals surface area (Å²) in [5.74, 6) is 0. The molecule has 0 spiro atoms. The first kappa shape index (κ1) is 12.7. The van der Waals surface area contributed by atoms with Crippen molar-refractivity contribution in [1.29, 1.82) is 0 Å². The lowest BCUT2D eigenvalue weighted by Crippen LogP contribution is -2.13. The van der Waals surface area contributed by atoms with E-state index in [2.05, 4.69) is 29.0 Å². The van der Waals surface area contributed by atoms with Crippen LogP contribution in [0.2, 0.25) is 0 Å². The smallest absolute Gasteiger partial charge is 0.320 e. The quantitative estimate of drug-likeness (QED) is 0.667. The van der Waals surface area contributed by atoms with Gasteiger partial charge in [0.2, 0.25) is 0 Å². The molecule has 3 rings (SSSR count). The average Bonchev–Trinajstić information content (AvgIpc) is 2.76. The molecular weight excluding hydrogens is 250 g/mol. The van der Waals surface area contributed by atoms with E-state index in [1.54, 1.807) is 0 Å². The van der Waals surface area contributed by atoms with Crippen LogP contribution in [-0.4, -0.2) is 9.97 Å². The Morgan fingerprint density at radius 1 is 1.05 bits per heavy atom. The Bertz CT molecular complexity index is 829. The Hall–Kier alpha value is -2.33. The van der Waals surface area contributed by atoms with Gasteiger partial charge >= 0.3 is 5.69 Å². The number of aryl methyl sites for hydroxylation is 2. The van der Waals surface area contributed by atoms with Crippen molar-refractivity contribution in [3.63, 3.8) is 0 Å². The summed E-state index contributed by atoms with van der Waals surface area (Å²) in [7, 11) is 0. The molecule has 2 aromatic carbocycles. The SMILES string of the molecule is Cc1cccc(C(N)c2cc3[nH]c(=O)[nH]c3cc2C)c1. The van der Waals surface area contributed by atoms with E-state index in [1.165, 1.54) is 5.56 Å². The Balaban J connectivity index is 2.13. The molecular formula is C16H17N3O. The third kappa shape index (κ3) is 2.14. The van der Waals surface area contributed by atoms with Crippen LogP contribution in [-0.2, 0) is 0 Å². The molecule has 0 aliphatic rings. The molecule has 102 valence electrons. The fourth-order valence-corrected chi connectivity index (χ4v) is 2.59. The lowest BCUT2D eigenvalue weighted by atomic mass is 9.94. The summed E-state index contributed by atoms with van der Waals surface area (Å²) >= 11 is 0. The molecule has 4 heteroatoms. The lowest BCUT2D eigenvalue weighted by molar-refractivity contribution is 0.862. The fourth-order valence-electron chi connectivity index (χ4n) is 2.59. The molecule has 0 aliphatic heterocycles. The van der Waals surface area contributed by atoms with Crippen molar-refractivity contribution in [2.75, 3.05) is 0 Å². The highest BCUT2D eigenvalue weighted by molar-refractivity contribution is 5.76. The maximum Gasteiger partial charge on any atom is 0.323 e. The van der Waals surface area contributed by atoms with Crippen LogP contribution in [0.1, 0.15) is 28.3 Å². The molecule has 0 aliphatic carbocycles. The molecule has 4 N–H and O–H groups in total. The summed E-state index contributed by atoms with van der Waals surface area (Å²) in [6.07, 6.45) is 0. The van der Waals surface area contributed by atoms with Gasteiger partial charge in [-0.15, -0.1) is 0 Å². The summed E-state index contributed by atoms with van der Waals surface area (Å²) in [6.45, 7) is 4.06. The molecule has 1 unspecified atom stereocenters. The molecule has 0 amide bonds. The molecule has 1 aromatic heterocycles. The van der Waals surface area contributed by atoms with Crippen molar-refractivity contribution in [1.82, 2.24) is 9.97 Å². The van der Waals surface area contributed by atoms with Crippen LogP contribution >= 0.6 is 0 Å². The van der Waals surface area contributed by atoms with E-state index in [1.807, 2.05) is 31.2 Å². The van der Waals surface area contributed by atoms with E-state index in [0.717, 1.165) is 27.7 Å². The number of imidazole rings is 1. The average molecular weight is 267 g/mol. The Morgan fingerprint density at radius 2 is 1.75 bits per heavy atom. The van der Waals surface area contributed by atoms with Gasteiger partial charge in [-0.25, -0.2) is 4.79 Å². The van der Waals surface area contributed by atoms with Gasteiger partial charge < -0.3 is 15.7 Å². The first-order valence-corrected chi connectivity index (χ1v) is 6.59. The van der Waals surface area contributed by atoms with Crippen LogP contribution in [0.4, 0.5) is 0 Å². The minimum atomic E-state index is -0.197. The largest absolute Gasteiger partial charge is 0.323 e. The summed E-state index contributed by atoms with van der Waals surface area (Å²) in [5, 5.41) is 0. The number of benzene rings is 2. The number of aromatic amines is 2. The number of rotatable bonds is 2. The first-order valence-electron chi connectivity index (χ1n) is 6.59. The van der Waals surface area contributed by atoms with Gasteiger partial charge in [-0.3, -0.25) is 0 Å². The standard InChI is InChI=1S/C16H17N3O/c1-9-4-3-5-11(6-9)15(17)12-8-14-13(7-10(12)2)18-16(20)19-14/h3-8,15H,17H2,1-2H3,(H2,18,19,20). The Kier molecular flexibility index (Phi) is 2.95. The zero-order chi connectivity index (χ0) is 14.3. The van der Waals surface area contributed by atoms with Gasteiger partial charge in [-0.05, 0) is 42.7 Å². The molecule has 0 saturated heterocycles. The van der Waals surface area contributed by atoms with Gasteiger partial charge in [0.1, 0.15) is 0 Å². The summed E-state index contributed by atoms with van der Waals surface area (Å²) in [4.78, 5) is 16.9. The van der Waals surface area contributed by atoms with Crippen LogP contribution in [0.25, 0.3) is 11.0 Å². The fraction of sp³-hybridized carbons (Fsp3) is 0.188. The number of H-pyrrole nitrogens is 2. The van der Waals surface area contributed by atoms with E-state index in [-0.39, 0.29) is 11.7 Å². The monoisotopic (exact) mass is 267 g/mol. The van der Waals surface area contributed by atoms with E-state index in [4.69, 9.17) is 5.73 Å². The zero-order valence-electron chi connectivity index (χ0n) is 11.5. The van der Waals surface area contributed by atoms with Gasteiger partial charge in [0.15, 0.2) is 0 Å². The van der Waals surface area contributed by atoms with Crippen molar-refractivity contribution in [2.24, 2.45) is 5.73 Å². The molecule has 1 heterocycles. The molecule has 0 radical (unpaired) electrons. The third-order valence-electron chi connectivity index (χ3n) is 3.64.